The van der Waals surface area contributed by atoms with Crippen LogP contribution in [0.1, 0.15) is 127 Å². The molecule has 2 aliphatic rings. The lowest BCUT2D eigenvalue weighted by atomic mass is 9.67. The van der Waals surface area contributed by atoms with Crippen molar-refractivity contribution in [3.05, 3.63) is 373 Å². The number of fused-ring (bicyclic) bond motifs is 4. The second-order valence-electron chi connectivity index (χ2n) is 31.5. The minimum atomic E-state index is -0.236. The Morgan fingerprint density at radius 2 is 0.448 bits per heavy atom. The molecule has 14 aromatic carbocycles. The Balaban J connectivity index is 0.776. The summed E-state index contributed by atoms with van der Waals surface area (Å²) in [5.74, 6) is 1.79. The highest BCUT2D eigenvalue weighted by molar-refractivity contribution is 5.86. The fourth-order valence-corrected chi connectivity index (χ4v) is 17.2. The van der Waals surface area contributed by atoms with Crippen molar-refractivity contribution in [2.24, 2.45) is 11.8 Å². The molecule has 14 aromatic rings. The van der Waals surface area contributed by atoms with E-state index < -0.39 is 0 Å². The maximum atomic E-state index is 2.63. The van der Waals surface area contributed by atoms with Crippen molar-refractivity contribution in [3.8, 4) is 89.0 Å². The number of hydrogen-bond acceptors (Lipinski definition) is 2. The highest BCUT2D eigenvalue weighted by atomic mass is 15.1. The summed E-state index contributed by atoms with van der Waals surface area (Å²) in [5.41, 5.74) is 34.2. The smallest absolute Gasteiger partial charge is 0.0467 e. The summed E-state index contributed by atoms with van der Waals surface area (Å²) < 4.78 is 0. The van der Waals surface area contributed by atoms with E-state index in [2.05, 4.69) is 419 Å². The maximum absolute atomic E-state index is 2.63. The van der Waals surface area contributed by atoms with E-state index >= 15 is 0 Å². The van der Waals surface area contributed by atoms with Crippen LogP contribution in [0.5, 0.6) is 0 Å². The second-order valence-corrected chi connectivity index (χ2v) is 31.5. The summed E-state index contributed by atoms with van der Waals surface area (Å²) in [6.45, 7) is 24.0. The Hall–Kier alpha value is -11.3. The molecular weight excluding hydrogens is 1270 g/mol. The molecule has 2 nitrogen and oxygen atoms in total. The summed E-state index contributed by atoms with van der Waals surface area (Å²) in [6, 6.07) is 128. The molecule has 0 bridgehead atoms. The molecular formula is C103H94N2. The predicted molar refractivity (Wildman–Crippen MR) is 448 cm³/mol. The van der Waals surface area contributed by atoms with Gasteiger partial charge in [-0.3, -0.25) is 0 Å². The van der Waals surface area contributed by atoms with Crippen LogP contribution in [0.4, 0.5) is 34.1 Å². The lowest BCUT2D eigenvalue weighted by Gasteiger charge is -2.36. The average Bonchev–Trinajstić information content (AvgIpc) is 1.52. The first kappa shape index (κ1) is 68.1. The molecule has 0 heterocycles. The van der Waals surface area contributed by atoms with E-state index in [1.54, 1.807) is 0 Å². The normalized spacial score (nSPS) is 16.7. The van der Waals surface area contributed by atoms with Gasteiger partial charge in [-0.05, 0) is 267 Å². The van der Waals surface area contributed by atoms with Gasteiger partial charge in [0, 0.05) is 39.5 Å². The molecule has 0 aromatic heterocycles. The molecule has 105 heavy (non-hydrogen) atoms. The maximum Gasteiger partial charge on any atom is 0.0467 e. The third-order valence-electron chi connectivity index (χ3n) is 24.0. The summed E-state index contributed by atoms with van der Waals surface area (Å²) >= 11 is 0. The Labute approximate surface area is 624 Å². The monoisotopic (exact) mass is 1360 g/mol. The van der Waals surface area contributed by atoms with Gasteiger partial charge in [-0.15, -0.1) is 0 Å². The number of anilines is 6. The molecule has 2 aliphatic carbocycles. The van der Waals surface area contributed by atoms with Gasteiger partial charge in [0.15, 0.2) is 0 Å². The van der Waals surface area contributed by atoms with Gasteiger partial charge in [0.1, 0.15) is 0 Å². The van der Waals surface area contributed by atoms with E-state index in [0.717, 1.165) is 47.0 Å². The van der Waals surface area contributed by atoms with Gasteiger partial charge < -0.3 is 9.80 Å². The van der Waals surface area contributed by atoms with Gasteiger partial charge in [-0.2, -0.15) is 0 Å². The van der Waals surface area contributed by atoms with Crippen molar-refractivity contribution in [2.45, 2.75) is 110 Å². The van der Waals surface area contributed by atoms with Crippen molar-refractivity contribution < 1.29 is 0 Å². The van der Waals surface area contributed by atoms with Gasteiger partial charge in [0.2, 0.25) is 0 Å². The van der Waals surface area contributed by atoms with Crippen LogP contribution in [0.15, 0.2) is 340 Å². The summed E-state index contributed by atoms with van der Waals surface area (Å²) in [5, 5.41) is 0. The van der Waals surface area contributed by atoms with Crippen molar-refractivity contribution in [1.29, 1.82) is 0 Å². The first-order valence-electron chi connectivity index (χ1n) is 38.0. The van der Waals surface area contributed by atoms with E-state index in [9.17, 15) is 0 Å². The van der Waals surface area contributed by atoms with E-state index in [1.165, 1.54) is 122 Å². The lowest BCUT2D eigenvalue weighted by molar-refractivity contribution is 0.245. The van der Waals surface area contributed by atoms with E-state index in [1.807, 2.05) is 0 Å². The minimum absolute atomic E-state index is 0.0621. The molecule has 2 atom stereocenters. The zero-order chi connectivity index (χ0) is 72.1. The SMILES string of the molecule is CC(C)c1ccc(-c2ccc(N(c3ccc(-c4cccc(-c5ccccc5)c4)cc3)c3cccc(-c4ccc5c(c4)C4(CC5(C)C(C)C)CC(C)(C(C)C)c5ccc(-c6cccc(N(c7ccc(-c8ccc(C(C)C)cc8)cc7)c7ccc(-c8cccc(-c9ccccc9)c8)cc7)c6)cc54)c3)cc2)cc1. The Morgan fingerprint density at radius 3 is 0.743 bits per heavy atom. The predicted octanol–water partition coefficient (Wildman–Crippen LogP) is 29.1. The number of hydrogen-bond donors (Lipinski definition) is 0. The van der Waals surface area contributed by atoms with Gasteiger partial charge in [0.25, 0.3) is 0 Å². The third-order valence-corrected chi connectivity index (χ3v) is 24.0. The highest BCUT2D eigenvalue weighted by Gasteiger charge is 2.60. The van der Waals surface area contributed by atoms with Crippen LogP contribution in [0.25, 0.3) is 89.0 Å². The fraction of sp³-hybridized carbons (Fsp3) is 0.184. The largest absolute Gasteiger partial charge is 0.310 e. The number of rotatable bonds is 18. The van der Waals surface area contributed by atoms with Gasteiger partial charge >= 0.3 is 0 Å². The molecule has 0 saturated heterocycles. The molecule has 16 rings (SSSR count). The molecule has 0 radical (unpaired) electrons. The molecule has 1 spiro atoms. The van der Waals surface area contributed by atoms with Gasteiger partial charge in [0.05, 0.1) is 0 Å². The Bertz CT molecular complexity index is 5070. The minimum Gasteiger partial charge on any atom is -0.310 e. The zero-order valence-corrected chi connectivity index (χ0v) is 62.4. The molecule has 0 aliphatic heterocycles. The van der Waals surface area contributed by atoms with Crippen LogP contribution < -0.4 is 9.80 Å². The summed E-state index contributed by atoms with van der Waals surface area (Å²) in [4.78, 5) is 4.88. The standard InChI is InChI=1S/C103H94N2/c1-69(2)73-33-37-77(38-34-73)79-41-51-91(52-42-79)104(93-55-45-81(46-56-93)85-27-17-25-83(61-85)75-21-13-11-14-22-75)95-31-19-29-87(63-95)89-49-59-97-99(65-89)103(67-101(97,9)71(5)6)68-102(10,72(7)8)98-60-50-90(66-100(98)103)88-30-20-32-96(64-88)105(92-53-43-80(44-54-92)78-39-35-74(36-40-78)70(3)4)94-57-47-82(48-58-94)86-28-18-26-84(62-86)76-23-15-12-16-24-76/h11-66,69-72H,67-68H2,1-10H3. The molecule has 2 unspecified atom stereocenters. The molecule has 516 valence electrons. The van der Waals surface area contributed by atoms with Crippen LogP contribution in [-0.2, 0) is 16.2 Å². The van der Waals surface area contributed by atoms with Crippen LogP contribution in [0.3, 0.4) is 0 Å². The van der Waals surface area contributed by atoms with Crippen molar-refractivity contribution in [3.63, 3.8) is 0 Å². The average molecular weight is 1360 g/mol. The zero-order valence-electron chi connectivity index (χ0n) is 62.4. The number of benzene rings is 14. The van der Waals surface area contributed by atoms with Gasteiger partial charge in [-0.1, -0.05) is 312 Å². The molecule has 2 heteroatoms. The first-order valence-corrected chi connectivity index (χ1v) is 38.0. The van der Waals surface area contributed by atoms with Crippen LogP contribution in [0.2, 0.25) is 0 Å². The molecule has 0 amide bonds. The highest BCUT2D eigenvalue weighted by Crippen LogP contribution is 2.66. The quantitative estimate of drug-likeness (QED) is 0.0845. The van der Waals surface area contributed by atoms with Gasteiger partial charge in [-0.25, -0.2) is 0 Å². The first-order chi connectivity index (χ1) is 51.0. The van der Waals surface area contributed by atoms with E-state index in [-0.39, 0.29) is 16.2 Å². The van der Waals surface area contributed by atoms with Crippen LogP contribution in [0, 0.1) is 11.8 Å². The number of nitrogens with zero attached hydrogens (tertiary/aromatic N) is 2. The Morgan fingerprint density at radius 1 is 0.210 bits per heavy atom. The fourth-order valence-electron chi connectivity index (χ4n) is 17.2. The summed E-state index contributed by atoms with van der Waals surface area (Å²) in [7, 11) is 0. The lowest BCUT2D eigenvalue weighted by Crippen LogP contribution is -2.33. The Kier molecular flexibility index (Phi) is 18.2. The molecule has 0 saturated carbocycles. The van der Waals surface area contributed by atoms with Crippen molar-refractivity contribution in [1.82, 2.24) is 0 Å². The summed E-state index contributed by atoms with van der Waals surface area (Å²) in [6.07, 6.45) is 2.09. The molecule has 0 N–H and O–H groups in total. The third kappa shape index (κ3) is 12.9. The van der Waals surface area contributed by atoms with Crippen LogP contribution >= 0.6 is 0 Å². The van der Waals surface area contributed by atoms with Crippen LogP contribution in [-0.4, -0.2) is 0 Å². The van der Waals surface area contributed by atoms with Crippen molar-refractivity contribution in [2.75, 3.05) is 9.80 Å². The van der Waals surface area contributed by atoms with Crippen molar-refractivity contribution >= 4 is 34.1 Å². The molecule has 0 fully saturated rings. The van der Waals surface area contributed by atoms with E-state index in [4.69, 9.17) is 0 Å². The van der Waals surface area contributed by atoms with E-state index in [0.29, 0.717) is 23.7 Å². The topological polar surface area (TPSA) is 6.48 Å². The second kappa shape index (κ2) is 28.0.